The summed E-state index contributed by atoms with van der Waals surface area (Å²) in [5.74, 6) is 0. The van der Waals surface area contributed by atoms with Crippen molar-refractivity contribution in [1.29, 1.82) is 0 Å². The average Bonchev–Trinajstić information content (AvgIpc) is 2.34. The largest absolute Gasteiger partial charge is 0.317 e. The number of halogens is 1. The van der Waals surface area contributed by atoms with Crippen LogP contribution in [0, 0.1) is 5.41 Å². The van der Waals surface area contributed by atoms with Gasteiger partial charge in [-0.25, -0.2) is 3.22 Å². The number of piperidine rings is 1. The first-order valence-corrected chi connectivity index (χ1v) is 4.96. The summed E-state index contributed by atoms with van der Waals surface area (Å²) < 4.78 is 2.02. The molecule has 62 valence electrons. The van der Waals surface area contributed by atoms with E-state index in [0.717, 1.165) is 19.6 Å². The molecule has 0 aromatic heterocycles. The van der Waals surface area contributed by atoms with Crippen LogP contribution in [0.3, 0.4) is 0 Å². The molecule has 3 nitrogen and oxygen atoms in total. The maximum Gasteiger partial charge on any atom is 0.0783 e. The van der Waals surface area contributed by atoms with Crippen molar-refractivity contribution in [2.24, 2.45) is 10.5 Å². The fourth-order valence-electron chi connectivity index (χ4n) is 1.74. The second kappa shape index (κ2) is 2.90. The number of hydrogen-bond donors (Lipinski definition) is 1. The summed E-state index contributed by atoms with van der Waals surface area (Å²) in [7, 11) is 0. The predicted molar refractivity (Wildman–Crippen MR) is 53.8 cm³/mol. The van der Waals surface area contributed by atoms with Crippen LogP contribution in [-0.2, 0) is 0 Å². The first kappa shape index (κ1) is 7.79. The zero-order valence-electron chi connectivity index (χ0n) is 6.39. The van der Waals surface area contributed by atoms with Gasteiger partial charge in [0.05, 0.1) is 29.4 Å². The van der Waals surface area contributed by atoms with Crippen molar-refractivity contribution < 1.29 is 0 Å². The first-order valence-electron chi connectivity index (χ1n) is 4.00. The quantitative estimate of drug-likeness (QED) is 0.523. The van der Waals surface area contributed by atoms with Crippen LogP contribution in [0.5, 0.6) is 0 Å². The number of hydrazone groups is 1. The number of nitrogens with one attached hydrogen (secondary N) is 1. The fourth-order valence-corrected chi connectivity index (χ4v) is 2.54. The molecule has 4 heteroatoms. The highest BCUT2D eigenvalue weighted by Crippen LogP contribution is 2.33. The number of hydrogen-bond acceptors (Lipinski definition) is 3. The van der Waals surface area contributed by atoms with Crippen LogP contribution < -0.4 is 5.32 Å². The van der Waals surface area contributed by atoms with Crippen LogP contribution in [0.2, 0.25) is 0 Å². The Bertz CT molecular complexity index is 175. The summed E-state index contributed by atoms with van der Waals surface area (Å²) >= 11 is 2.26. The monoisotopic (exact) mass is 265 g/mol. The van der Waals surface area contributed by atoms with Gasteiger partial charge in [-0.1, -0.05) is 0 Å². The maximum absolute atomic E-state index is 4.28. The highest BCUT2D eigenvalue weighted by atomic mass is 127. The highest BCUT2D eigenvalue weighted by molar-refractivity contribution is 14.1. The molecule has 2 aliphatic rings. The molecule has 0 atom stereocenters. The minimum absolute atomic E-state index is 0.409. The minimum atomic E-state index is 0.409. The van der Waals surface area contributed by atoms with Crippen LogP contribution in [0.1, 0.15) is 12.8 Å². The summed E-state index contributed by atoms with van der Waals surface area (Å²) in [6, 6.07) is 0. The standard InChI is InChI=1S/C7H12IN3/c8-11-6-7(5-10-11)1-3-9-4-2-7/h5,9H,1-4,6H2. The van der Waals surface area contributed by atoms with E-state index in [2.05, 4.69) is 39.5 Å². The van der Waals surface area contributed by atoms with Crippen molar-refractivity contribution in [3.05, 3.63) is 0 Å². The van der Waals surface area contributed by atoms with E-state index < -0.39 is 0 Å². The molecule has 0 unspecified atom stereocenters. The Morgan fingerprint density at radius 2 is 2.18 bits per heavy atom. The lowest BCUT2D eigenvalue weighted by atomic mass is 9.81. The van der Waals surface area contributed by atoms with Gasteiger partial charge in [-0.3, -0.25) is 0 Å². The topological polar surface area (TPSA) is 27.6 Å². The Kier molecular flexibility index (Phi) is 2.05. The van der Waals surface area contributed by atoms with Crippen LogP contribution in [0.25, 0.3) is 0 Å². The zero-order chi connectivity index (χ0) is 7.73. The third-order valence-electron chi connectivity index (χ3n) is 2.50. The van der Waals surface area contributed by atoms with E-state index in [0.29, 0.717) is 5.41 Å². The zero-order valence-corrected chi connectivity index (χ0v) is 8.54. The van der Waals surface area contributed by atoms with Gasteiger partial charge in [0.1, 0.15) is 0 Å². The Morgan fingerprint density at radius 3 is 2.73 bits per heavy atom. The summed E-state index contributed by atoms with van der Waals surface area (Å²) in [5.41, 5.74) is 0.409. The van der Waals surface area contributed by atoms with Crippen molar-refractivity contribution in [3.8, 4) is 0 Å². The lowest BCUT2D eigenvalue weighted by Gasteiger charge is -2.30. The second-order valence-electron chi connectivity index (χ2n) is 3.35. The van der Waals surface area contributed by atoms with Gasteiger partial charge >= 0.3 is 0 Å². The highest BCUT2D eigenvalue weighted by Gasteiger charge is 2.35. The third-order valence-corrected chi connectivity index (χ3v) is 3.09. The SMILES string of the molecule is IN1CC2(C=N1)CCNCC2. The smallest absolute Gasteiger partial charge is 0.0783 e. The maximum atomic E-state index is 4.28. The molecule has 0 saturated carbocycles. The van der Waals surface area contributed by atoms with Crippen molar-refractivity contribution in [1.82, 2.24) is 8.54 Å². The van der Waals surface area contributed by atoms with Gasteiger partial charge in [0.15, 0.2) is 0 Å². The Balaban J connectivity index is 2.05. The van der Waals surface area contributed by atoms with E-state index >= 15 is 0 Å². The van der Waals surface area contributed by atoms with Crippen molar-refractivity contribution in [2.75, 3.05) is 19.6 Å². The lowest BCUT2D eigenvalue weighted by Crippen LogP contribution is -2.39. The molecular weight excluding hydrogens is 253 g/mol. The van der Waals surface area contributed by atoms with E-state index in [-0.39, 0.29) is 0 Å². The minimum Gasteiger partial charge on any atom is -0.317 e. The van der Waals surface area contributed by atoms with E-state index in [1.165, 1.54) is 12.8 Å². The molecule has 0 amide bonds. The summed E-state index contributed by atoms with van der Waals surface area (Å²) in [6.07, 6.45) is 4.63. The molecule has 1 fully saturated rings. The molecule has 0 aromatic rings. The predicted octanol–water partition coefficient (Wildman–Crippen LogP) is 1.01. The molecule has 1 spiro atoms. The van der Waals surface area contributed by atoms with Crippen molar-refractivity contribution in [3.63, 3.8) is 0 Å². The van der Waals surface area contributed by atoms with Gasteiger partial charge in [0.2, 0.25) is 0 Å². The lowest BCUT2D eigenvalue weighted by molar-refractivity contribution is 0.288. The summed E-state index contributed by atoms with van der Waals surface area (Å²) in [5, 5.41) is 7.65. The Morgan fingerprint density at radius 1 is 1.45 bits per heavy atom. The molecule has 11 heavy (non-hydrogen) atoms. The Labute approximate surface area is 80.7 Å². The fraction of sp³-hybridized carbons (Fsp3) is 0.857. The molecule has 2 aliphatic heterocycles. The first-order chi connectivity index (χ1) is 5.31. The van der Waals surface area contributed by atoms with Gasteiger partial charge in [0.25, 0.3) is 0 Å². The Hall–Kier alpha value is 0.160. The van der Waals surface area contributed by atoms with Crippen LogP contribution in [0.4, 0.5) is 0 Å². The van der Waals surface area contributed by atoms with Crippen LogP contribution >= 0.6 is 22.9 Å². The number of rotatable bonds is 0. The number of nitrogens with zero attached hydrogens (tertiary/aromatic N) is 2. The van der Waals surface area contributed by atoms with E-state index in [9.17, 15) is 0 Å². The average molecular weight is 265 g/mol. The molecule has 0 aromatic carbocycles. The third kappa shape index (κ3) is 1.51. The molecule has 2 heterocycles. The molecular formula is C7H12IN3. The van der Waals surface area contributed by atoms with Crippen LogP contribution in [0.15, 0.2) is 5.10 Å². The van der Waals surface area contributed by atoms with Crippen molar-refractivity contribution in [2.45, 2.75) is 12.8 Å². The summed E-state index contributed by atoms with van der Waals surface area (Å²) in [4.78, 5) is 0. The van der Waals surface area contributed by atoms with Crippen LogP contribution in [-0.4, -0.2) is 29.1 Å². The van der Waals surface area contributed by atoms with Gasteiger partial charge < -0.3 is 5.32 Å². The van der Waals surface area contributed by atoms with Gasteiger partial charge in [-0.2, -0.15) is 5.10 Å². The second-order valence-corrected chi connectivity index (χ2v) is 4.47. The van der Waals surface area contributed by atoms with Crippen molar-refractivity contribution >= 4 is 29.1 Å². The normalized spacial score (nSPS) is 28.3. The molecule has 0 radical (unpaired) electrons. The van der Waals surface area contributed by atoms with E-state index in [1.54, 1.807) is 0 Å². The van der Waals surface area contributed by atoms with E-state index in [4.69, 9.17) is 0 Å². The van der Waals surface area contributed by atoms with Gasteiger partial charge in [-0.15, -0.1) is 0 Å². The molecule has 0 bridgehead atoms. The summed E-state index contributed by atoms with van der Waals surface area (Å²) in [6.45, 7) is 3.40. The molecule has 2 rings (SSSR count). The van der Waals surface area contributed by atoms with Gasteiger partial charge in [0, 0.05) is 11.6 Å². The molecule has 0 aliphatic carbocycles. The van der Waals surface area contributed by atoms with E-state index in [1.807, 2.05) is 3.22 Å². The molecule has 1 N–H and O–H groups in total. The van der Waals surface area contributed by atoms with Gasteiger partial charge in [-0.05, 0) is 25.9 Å². The molecule has 1 saturated heterocycles.